The van der Waals surface area contributed by atoms with Crippen molar-refractivity contribution in [1.82, 2.24) is 25.3 Å². The Kier molecular flexibility index (Phi) is 9.46. The number of allylic oxidation sites excluding steroid dienone is 4. The number of likely N-dealkylation sites (tertiary alicyclic amines) is 1. The van der Waals surface area contributed by atoms with E-state index >= 15 is 0 Å². The van der Waals surface area contributed by atoms with Crippen molar-refractivity contribution >= 4 is 23.6 Å². The molecule has 2 fully saturated rings. The third kappa shape index (κ3) is 6.14. The van der Waals surface area contributed by atoms with E-state index in [9.17, 15) is 19.2 Å². The molecule has 11 nitrogen and oxygen atoms in total. The second kappa shape index (κ2) is 12.7. The van der Waals surface area contributed by atoms with Crippen LogP contribution in [0.25, 0.3) is 0 Å². The van der Waals surface area contributed by atoms with Crippen molar-refractivity contribution in [3.05, 3.63) is 35.9 Å². The molecule has 3 aliphatic heterocycles. The maximum atomic E-state index is 14.2. The van der Waals surface area contributed by atoms with Gasteiger partial charge in [-0.3, -0.25) is 24.1 Å². The predicted molar refractivity (Wildman–Crippen MR) is 153 cm³/mol. The number of fused-ring (bicyclic) bond motifs is 3. The Morgan fingerprint density at radius 3 is 2.51 bits per heavy atom. The molecular formula is C30H45N5O6. The van der Waals surface area contributed by atoms with Gasteiger partial charge in [-0.15, -0.1) is 0 Å². The lowest BCUT2D eigenvalue weighted by Gasteiger charge is -2.36. The first-order valence-electron chi connectivity index (χ1n) is 14.7. The molecule has 2 bridgehead atoms. The van der Waals surface area contributed by atoms with Gasteiger partial charge in [-0.2, -0.15) is 0 Å². The van der Waals surface area contributed by atoms with Crippen LogP contribution in [0, 0.1) is 17.8 Å². The molecule has 7 unspecified atom stereocenters. The summed E-state index contributed by atoms with van der Waals surface area (Å²) < 4.78 is 12.0. The number of hydrogen-bond donors (Lipinski definition) is 2. The molecule has 0 spiro atoms. The molecule has 0 aromatic carbocycles. The van der Waals surface area contributed by atoms with E-state index in [1.54, 1.807) is 23.1 Å². The van der Waals surface area contributed by atoms with Gasteiger partial charge >= 0.3 is 0 Å². The highest BCUT2D eigenvalue weighted by molar-refractivity contribution is 5.96. The number of methoxy groups -OCH3 is 1. The van der Waals surface area contributed by atoms with Crippen LogP contribution in [0.1, 0.15) is 53.9 Å². The number of amides is 4. The molecule has 11 heteroatoms. The Morgan fingerprint density at radius 1 is 1.17 bits per heavy atom. The summed E-state index contributed by atoms with van der Waals surface area (Å²) in [5, 5.41) is 5.77. The van der Waals surface area contributed by atoms with Crippen molar-refractivity contribution in [2.45, 2.75) is 84.2 Å². The van der Waals surface area contributed by atoms with Gasteiger partial charge in [0.1, 0.15) is 30.0 Å². The van der Waals surface area contributed by atoms with Crippen molar-refractivity contribution in [2.75, 3.05) is 27.4 Å². The lowest BCUT2D eigenvalue weighted by molar-refractivity contribution is -0.150. The summed E-state index contributed by atoms with van der Waals surface area (Å²) in [6.45, 7) is 10.2. The zero-order valence-corrected chi connectivity index (χ0v) is 25.3. The Bertz CT molecular complexity index is 1130. The van der Waals surface area contributed by atoms with Gasteiger partial charge in [0.25, 0.3) is 0 Å². The Morgan fingerprint density at radius 2 is 1.90 bits per heavy atom. The van der Waals surface area contributed by atoms with E-state index < -0.39 is 30.1 Å². The molecule has 4 amide bonds. The highest BCUT2D eigenvalue weighted by atomic mass is 16.5. The fourth-order valence-electron chi connectivity index (χ4n) is 6.10. The third-order valence-corrected chi connectivity index (χ3v) is 8.90. The van der Waals surface area contributed by atoms with Crippen LogP contribution >= 0.6 is 0 Å². The molecule has 0 radical (unpaired) electrons. The number of nitrogens with zero attached hydrogens (tertiary/aromatic N) is 3. The van der Waals surface area contributed by atoms with Gasteiger partial charge in [0.05, 0.1) is 25.6 Å². The molecule has 7 atom stereocenters. The molecule has 3 heterocycles. The lowest BCUT2D eigenvalue weighted by atomic mass is 9.96. The summed E-state index contributed by atoms with van der Waals surface area (Å²) in [5.74, 6) is -0.229. The number of ether oxygens (including phenoxy) is 2. The minimum absolute atomic E-state index is 0.105. The normalized spacial score (nSPS) is 31.4. The largest absolute Gasteiger partial charge is 0.500 e. The Labute approximate surface area is 242 Å². The minimum Gasteiger partial charge on any atom is -0.500 e. The topological polar surface area (TPSA) is 121 Å². The molecular weight excluding hydrogens is 526 g/mol. The van der Waals surface area contributed by atoms with Crippen molar-refractivity contribution in [3.8, 4) is 0 Å². The predicted octanol–water partition coefficient (Wildman–Crippen LogP) is 1.73. The number of carbonyl (C=O) groups is 4. The SMILES string of the molecule is CCC(C)C1NC(=O)C2C(CCN2C(=O)C(C(C)C)N2CN(C)C(C)C2=O)OC2=CC=C(OC)C(/C=C\NC1=O)C2. The molecule has 41 heavy (non-hydrogen) atoms. The van der Waals surface area contributed by atoms with Gasteiger partial charge < -0.3 is 29.9 Å². The van der Waals surface area contributed by atoms with Crippen LogP contribution in [0.15, 0.2) is 35.9 Å². The van der Waals surface area contributed by atoms with Gasteiger partial charge in [0, 0.05) is 31.5 Å². The molecule has 2 saturated heterocycles. The number of nitrogens with one attached hydrogen (secondary N) is 2. The number of likely N-dealkylation sites (N-methyl/N-ethyl adjacent to an activating group) is 1. The van der Waals surface area contributed by atoms with Crippen LogP contribution < -0.4 is 10.6 Å². The average Bonchev–Trinajstić information content (AvgIpc) is 3.47. The fourth-order valence-corrected chi connectivity index (χ4v) is 6.10. The van der Waals surface area contributed by atoms with E-state index in [0.717, 1.165) is 5.76 Å². The van der Waals surface area contributed by atoms with Crippen molar-refractivity contribution in [1.29, 1.82) is 0 Å². The summed E-state index contributed by atoms with van der Waals surface area (Å²) in [7, 11) is 3.46. The fraction of sp³-hybridized carbons (Fsp3) is 0.667. The highest BCUT2D eigenvalue weighted by Crippen LogP contribution is 2.33. The molecule has 2 N–H and O–H groups in total. The van der Waals surface area contributed by atoms with E-state index in [1.165, 1.54) is 0 Å². The summed E-state index contributed by atoms with van der Waals surface area (Å²) in [6.07, 6.45) is 8.10. The lowest BCUT2D eigenvalue weighted by Crippen LogP contribution is -2.60. The van der Waals surface area contributed by atoms with Crippen LogP contribution in [0.4, 0.5) is 0 Å². The summed E-state index contributed by atoms with van der Waals surface area (Å²) >= 11 is 0. The standard InChI is InChI=1S/C30H45N5O6/c1-8-18(4)24-27(36)31-13-11-20-15-21(9-10-22(20)40-7)41-23-12-14-34(26(23)28(37)32-24)30(39)25(17(2)3)35-16-33(6)19(5)29(35)38/h9-11,13,17-20,23-26H,8,12,14-16H2,1-7H3,(H,31,36)(H,32,37)/b13-11-. The van der Waals surface area contributed by atoms with Crippen molar-refractivity contribution in [3.63, 3.8) is 0 Å². The van der Waals surface area contributed by atoms with Crippen molar-refractivity contribution < 1.29 is 28.7 Å². The van der Waals surface area contributed by atoms with Crippen LogP contribution in [0.5, 0.6) is 0 Å². The monoisotopic (exact) mass is 571 g/mol. The third-order valence-electron chi connectivity index (χ3n) is 8.90. The van der Waals surface area contributed by atoms with Crippen LogP contribution in [0.2, 0.25) is 0 Å². The second-order valence-corrected chi connectivity index (χ2v) is 11.9. The maximum Gasteiger partial charge on any atom is 0.247 e. The van der Waals surface area contributed by atoms with E-state index in [4.69, 9.17) is 9.47 Å². The van der Waals surface area contributed by atoms with Crippen molar-refractivity contribution in [2.24, 2.45) is 17.8 Å². The van der Waals surface area contributed by atoms with E-state index in [0.29, 0.717) is 38.2 Å². The number of carbonyl (C=O) groups excluding carboxylic acids is 4. The summed E-state index contributed by atoms with van der Waals surface area (Å²) in [5.41, 5.74) is 0. The summed E-state index contributed by atoms with van der Waals surface area (Å²) in [4.78, 5) is 59.7. The van der Waals surface area contributed by atoms with Crippen LogP contribution in [0.3, 0.4) is 0 Å². The molecule has 1 aliphatic carbocycles. The van der Waals surface area contributed by atoms with Gasteiger partial charge in [-0.05, 0) is 38.0 Å². The Hall–Kier alpha value is -3.34. The first-order chi connectivity index (χ1) is 19.5. The van der Waals surface area contributed by atoms with E-state index in [2.05, 4.69) is 10.6 Å². The zero-order chi connectivity index (χ0) is 30.0. The van der Waals surface area contributed by atoms with Crippen LogP contribution in [-0.2, 0) is 28.7 Å². The number of hydrogen-bond acceptors (Lipinski definition) is 7. The molecule has 0 aromatic rings. The minimum atomic E-state index is -0.961. The maximum absolute atomic E-state index is 14.2. The highest BCUT2D eigenvalue weighted by Gasteiger charge is 2.50. The number of rotatable bonds is 6. The molecule has 4 aliphatic rings. The first-order valence-corrected chi connectivity index (χ1v) is 14.7. The van der Waals surface area contributed by atoms with Gasteiger partial charge in [-0.25, -0.2) is 0 Å². The second-order valence-electron chi connectivity index (χ2n) is 11.9. The average molecular weight is 572 g/mol. The smallest absolute Gasteiger partial charge is 0.247 e. The van der Waals surface area contributed by atoms with E-state index in [1.807, 2.05) is 64.8 Å². The van der Waals surface area contributed by atoms with Gasteiger partial charge in [0.2, 0.25) is 23.6 Å². The molecule has 4 rings (SSSR count). The molecule has 226 valence electrons. The zero-order valence-electron chi connectivity index (χ0n) is 25.3. The summed E-state index contributed by atoms with van der Waals surface area (Å²) in [6, 6.07) is -2.82. The first kappa shape index (κ1) is 30.6. The van der Waals surface area contributed by atoms with Gasteiger partial charge in [-0.1, -0.05) is 40.2 Å². The van der Waals surface area contributed by atoms with E-state index in [-0.39, 0.29) is 41.5 Å². The van der Waals surface area contributed by atoms with Gasteiger partial charge in [0.15, 0.2) is 0 Å². The Balaban J connectivity index is 1.70. The van der Waals surface area contributed by atoms with Crippen LogP contribution in [-0.4, -0.2) is 96.0 Å². The molecule has 0 aromatic heterocycles. The molecule has 0 saturated carbocycles. The quantitative estimate of drug-likeness (QED) is 0.498.